The van der Waals surface area contributed by atoms with E-state index in [4.69, 9.17) is 0 Å². The van der Waals surface area contributed by atoms with Crippen LogP contribution in [-0.4, -0.2) is 30.8 Å². The zero-order valence-corrected chi connectivity index (χ0v) is 14.6. The first-order valence-electron chi connectivity index (χ1n) is 7.85. The van der Waals surface area contributed by atoms with Crippen molar-refractivity contribution in [3.8, 4) is 0 Å². The standard InChI is InChI=1S/C16H17N3O3S2/c20-16(11-1-2-11)19-6-5-12-7-14(4-3-13(12)9-19)18-24(21,22)15-8-17-10-23-15/h3-4,7-8,10-11,18H,1-2,5-6,9H2. The van der Waals surface area contributed by atoms with Gasteiger partial charge in [-0.1, -0.05) is 6.07 Å². The molecule has 2 heterocycles. The molecular weight excluding hydrogens is 346 g/mol. The molecule has 2 aromatic rings. The molecule has 126 valence electrons. The maximum Gasteiger partial charge on any atom is 0.273 e. The fraction of sp³-hybridized carbons (Fsp3) is 0.375. The molecule has 2 aliphatic rings. The van der Waals surface area contributed by atoms with Crippen LogP contribution < -0.4 is 4.72 Å². The molecule has 8 heteroatoms. The molecule has 1 saturated carbocycles. The Morgan fingerprint density at radius 2 is 2.12 bits per heavy atom. The first kappa shape index (κ1) is 15.6. The molecule has 0 unspecified atom stereocenters. The van der Waals surface area contributed by atoms with Gasteiger partial charge in [0.25, 0.3) is 10.0 Å². The number of nitrogens with zero attached hydrogens (tertiary/aromatic N) is 2. The van der Waals surface area contributed by atoms with Gasteiger partial charge in [0, 0.05) is 24.7 Å². The van der Waals surface area contributed by atoms with Gasteiger partial charge in [0.2, 0.25) is 5.91 Å². The molecular formula is C16H17N3O3S2. The summed E-state index contributed by atoms with van der Waals surface area (Å²) < 4.78 is 27.3. The van der Waals surface area contributed by atoms with Gasteiger partial charge in [0.05, 0.1) is 11.7 Å². The Balaban J connectivity index is 1.51. The van der Waals surface area contributed by atoms with Crippen LogP contribution in [0.5, 0.6) is 0 Å². The third kappa shape index (κ3) is 3.03. The van der Waals surface area contributed by atoms with Crippen molar-refractivity contribution in [2.24, 2.45) is 5.92 Å². The SMILES string of the molecule is O=C(C1CC1)N1CCc2cc(NS(=O)(=O)c3cncs3)ccc2C1. The number of rotatable bonds is 4. The summed E-state index contributed by atoms with van der Waals surface area (Å²) in [6.45, 7) is 1.32. The number of carbonyl (C=O) groups excluding carboxylic acids is 1. The van der Waals surface area contributed by atoms with Crippen LogP contribution >= 0.6 is 11.3 Å². The van der Waals surface area contributed by atoms with E-state index in [0.717, 1.165) is 41.7 Å². The Labute approximate surface area is 144 Å². The summed E-state index contributed by atoms with van der Waals surface area (Å²) in [5.41, 5.74) is 4.23. The average molecular weight is 363 g/mol. The number of benzene rings is 1. The van der Waals surface area contributed by atoms with E-state index in [2.05, 4.69) is 9.71 Å². The number of aromatic nitrogens is 1. The van der Waals surface area contributed by atoms with E-state index in [1.54, 1.807) is 6.07 Å². The summed E-state index contributed by atoms with van der Waals surface area (Å²) >= 11 is 1.08. The fourth-order valence-corrected chi connectivity index (χ4v) is 4.78. The van der Waals surface area contributed by atoms with Crippen LogP contribution in [0.15, 0.2) is 34.1 Å². The first-order valence-corrected chi connectivity index (χ1v) is 10.2. The van der Waals surface area contributed by atoms with Gasteiger partial charge in [0.1, 0.15) is 0 Å². The van der Waals surface area contributed by atoms with Gasteiger partial charge in [-0.2, -0.15) is 0 Å². The molecule has 1 amide bonds. The van der Waals surface area contributed by atoms with Crippen molar-refractivity contribution >= 4 is 33.0 Å². The molecule has 0 spiro atoms. The van der Waals surface area contributed by atoms with Gasteiger partial charge in [-0.15, -0.1) is 11.3 Å². The van der Waals surface area contributed by atoms with Crippen LogP contribution in [0, 0.1) is 5.92 Å². The highest BCUT2D eigenvalue weighted by atomic mass is 32.2. The molecule has 0 radical (unpaired) electrons. The van der Waals surface area contributed by atoms with Crippen molar-refractivity contribution < 1.29 is 13.2 Å². The van der Waals surface area contributed by atoms with E-state index >= 15 is 0 Å². The minimum atomic E-state index is -3.58. The molecule has 1 aliphatic heterocycles. The maximum atomic E-state index is 12.3. The molecule has 1 aromatic heterocycles. The van der Waals surface area contributed by atoms with Gasteiger partial charge < -0.3 is 4.90 Å². The van der Waals surface area contributed by atoms with E-state index in [1.807, 2.05) is 17.0 Å². The molecule has 6 nitrogen and oxygen atoms in total. The lowest BCUT2D eigenvalue weighted by molar-refractivity contribution is -0.133. The molecule has 1 aromatic carbocycles. The lowest BCUT2D eigenvalue weighted by Gasteiger charge is -2.29. The van der Waals surface area contributed by atoms with E-state index < -0.39 is 10.0 Å². The number of thiazole rings is 1. The zero-order valence-electron chi connectivity index (χ0n) is 12.9. The van der Waals surface area contributed by atoms with Crippen LogP contribution in [-0.2, 0) is 27.8 Å². The van der Waals surface area contributed by atoms with Crippen molar-refractivity contribution in [3.05, 3.63) is 41.0 Å². The number of fused-ring (bicyclic) bond motifs is 1. The quantitative estimate of drug-likeness (QED) is 0.903. The van der Waals surface area contributed by atoms with E-state index in [9.17, 15) is 13.2 Å². The molecule has 1 fully saturated rings. The summed E-state index contributed by atoms with van der Waals surface area (Å²) in [5, 5.41) is 0. The number of amides is 1. The Kier molecular flexibility index (Phi) is 3.80. The molecule has 4 rings (SSSR count). The van der Waals surface area contributed by atoms with Gasteiger partial charge in [-0.3, -0.25) is 14.5 Å². The number of nitrogens with one attached hydrogen (secondary N) is 1. The monoisotopic (exact) mass is 363 g/mol. The van der Waals surface area contributed by atoms with E-state index in [0.29, 0.717) is 18.8 Å². The minimum Gasteiger partial charge on any atom is -0.338 e. The molecule has 1 aliphatic carbocycles. The predicted octanol–water partition coefficient (Wildman–Crippen LogP) is 2.24. The highest BCUT2D eigenvalue weighted by Crippen LogP contribution is 2.33. The average Bonchev–Trinajstić information content (AvgIpc) is 3.26. The Bertz CT molecular complexity index is 874. The molecule has 24 heavy (non-hydrogen) atoms. The van der Waals surface area contributed by atoms with Gasteiger partial charge in [0.15, 0.2) is 4.21 Å². The minimum absolute atomic E-state index is 0.196. The summed E-state index contributed by atoms with van der Waals surface area (Å²) in [4.78, 5) is 17.9. The third-order valence-electron chi connectivity index (χ3n) is 4.38. The number of hydrogen-bond acceptors (Lipinski definition) is 5. The van der Waals surface area contributed by atoms with Crippen LogP contribution in [0.1, 0.15) is 24.0 Å². The second kappa shape index (κ2) is 5.86. The Hall–Kier alpha value is -1.93. The van der Waals surface area contributed by atoms with Crippen molar-refractivity contribution in [1.29, 1.82) is 0 Å². The summed E-state index contributed by atoms with van der Waals surface area (Å²) in [5.74, 6) is 0.493. The van der Waals surface area contributed by atoms with Crippen molar-refractivity contribution in [1.82, 2.24) is 9.88 Å². The summed E-state index contributed by atoms with van der Waals surface area (Å²) in [6.07, 6.45) is 4.12. The fourth-order valence-electron chi connectivity index (χ4n) is 2.94. The smallest absolute Gasteiger partial charge is 0.273 e. The van der Waals surface area contributed by atoms with Crippen molar-refractivity contribution in [3.63, 3.8) is 0 Å². The van der Waals surface area contributed by atoms with E-state index in [-0.39, 0.29) is 16.0 Å². The molecule has 0 bridgehead atoms. The number of carbonyl (C=O) groups is 1. The summed E-state index contributed by atoms with van der Waals surface area (Å²) in [7, 11) is -3.58. The van der Waals surface area contributed by atoms with Crippen LogP contribution in [0.25, 0.3) is 0 Å². The Morgan fingerprint density at radius 3 is 2.83 bits per heavy atom. The van der Waals surface area contributed by atoms with Gasteiger partial charge in [-0.05, 0) is 42.5 Å². The number of anilines is 1. The molecule has 0 atom stereocenters. The van der Waals surface area contributed by atoms with Gasteiger partial charge in [-0.25, -0.2) is 8.42 Å². The van der Waals surface area contributed by atoms with Crippen LogP contribution in [0.3, 0.4) is 0 Å². The second-order valence-corrected chi connectivity index (χ2v) is 8.99. The number of sulfonamides is 1. The first-order chi connectivity index (χ1) is 11.5. The van der Waals surface area contributed by atoms with Crippen molar-refractivity contribution in [2.45, 2.75) is 30.0 Å². The highest BCUT2D eigenvalue weighted by molar-refractivity contribution is 7.94. The lowest BCUT2D eigenvalue weighted by atomic mass is 9.99. The molecule has 1 N–H and O–H groups in total. The van der Waals surface area contributed by atoms with Gasteiger partial charge >= 0.3 is 0 Å². The van der Waals surface area contributed by atoms with Crippen LogP contribution in [0.2, 0.25) is 0 Å². The normalized spacial score (nSPS) is 17.4. The Morgan fingerprint density at radius 1 is 1.29 bits per heavy atom. The zero-order chi connectivity index (χ0) is 16.7. The predicted molar refractivity (Wildman–Crippen MR) is 91.2 cm³/mol. The highest BCUT2D eigenvalue weighted by Gasteiger charge is 2.34. The van der Waals surface area contributed by atoms with Crippen LogP contribution in [0.4, 0.5) is 5.69 Å². The van der Waals surface area contributed by atoms with E-state index in [1.165, 1.54) is 11.7 Å². The van der Waals surface area contributed by atoms with Crippen molar-refractivity contribution in [2.75, 3.05) is 11.3 Å². The largest absolute Gasteiger partial charge is 0.338 e. The number of hydrogen-bond donors (Lipinski definition) is 1. The topological polar surface area (TPSA) is 79.4 Å². The second-order valence-electron chi connectivity index (χ2n) is 6.19. The molecule has 0 saturated heterocycles. The maximum absolute atomic E-state index is 12.3. The summed E-state index contributed by atoms with van der Waals surface area (Å²) in [6, 6.07) is 5.53. The third-order valence-corrected chi connectivity index (χ3v) is 7.03. The lowest BCUT2D eigenvalue weighted by Crippen LogP contribution is -2.36.